The van der Waals surface area contributed by atoms with Crippen LogP contribution in [-0.4, -0.2) is 6.04 Å². The van der Waals surface area contributed by atoms with E-state index in [9.17, 15) is 4.39 Å². The first kappa shape index (κ1) is 14.0. The molecule has 0 fully saturated rings. The summed E-state index contributed by atoms with van der Waals surface area (Å²) < 4.78 is 19.7. The Morgan fingerprint density at radius 3 is 2.42 bits per heavy atom. The van der Waals surface area contributed by atoms with Gasteiger partial charge in [-0.1, -0.05) is 30.3 Å². The molecule has 2 N–H and O–H groups in total. The SMILES string of the molecule is CC(N)C(Oc1ccc(Br)c(F)c1)c1ccccc1. The van der Waals surface area contributed by atoms with Gasteiger partial charge in [-0.25, -0.2) is 4.39 Å². The molecule has 0 spiro atoms. The maximum Gasteiger partial charge on any atom is 0.141 e. The Hall–Kier alpha value is -1.39. The van der Waals surface area contributed by atoms with Crippen LogP contribution in [0.2, 0.25) is 0 Å². The summed E-state index contributed by atoms with van der Waals surface area (Å²) in [6.07, 6.45) is -0.304. The second-order valence-corrected chi connectivity index (χ2v) is 5.24. The number of hydrogen-bond donors (Lipinski definition) is 1. The summed E-state index contributed by atoms with van der Waals surface area (Å²) in [4.78, 5) is 0. The molecule has 0 aliphatic carbocycles. The minimum Gasteiger partial charge on any atom is -0.484 e. The van der Waals surface area contributed by atoms with E-state index in [2.05, 4.69) is 15.9 Å². The van der Waals surface area contributed by atoms with Crippen molar-refractivity contribution in [2.45, 2.75) is 19.1 Å². The van der Waals surface area contributed by atoms with E-state index in [1.165, 1.54) is 6.07 Å². The van der Waals surface area contributed by atoms with Gasteiger partial charge in [0.05, 0.1) is 4.47 Å². The number of hydrogen-bond acceptors (Lipinski definition) is 2. The first-order valence-corrected chi connectivity index (χ1v) is 6.79. The monoisotopic (exact) mass is 323 g/mol. The normalized spacial score (nSPS) is 13.9. The van der Waals surface area contributed by atoms with E-state index < -0.39 is 0 Å². The van der Waals surface area contributed by atoms with E-state index in [1.807, 2.05) is 37.3 Å². The Kier molecular flexibility index (Phi) is 4.56. The molecule has 2 aromatic rings. The van der Waals surface area contributed by atoms with Gasteiger partial charge >= 0.3 is 0 Å². The van der Waals surface area contributed by atoms with Gasteiger partial charge in [-0.15, -0.1) is 0 Å². The third-order valence-electron chi connectivity index (χ3n) is 2.76. The van der Waals surface area contributed by atoms with Crippen molar-refractivity contribution in [1.82, 2.24) is 0 Å². The van der Waals surface area contributed by atoms with Crippen molar-refractivity contribution in [2.75, 3.05) is 0 Å². The Balaban J connectivity index is 2.24. The average molecular weight is 324 g/mol. The second kappa shape index (κ2) is 6.17. The molecule has 0 saturated heterocycles. The molecule has 0 aliphatic heterocycles. The van der Waals surface area contributed by atoms with E-state index in [-0.39, 0.29) is 18.0 Å². The third-order valence-corrected chi connectivity index (χ3v) is 3.40. The van der Waals surface area contributed by atoms with Gasteiger partial charge in [-0.05, 0) is 40.5 Å². The van der Waals surface area contributed by atoms with Crippen molar-refractivity contribution >= 4 is 15.9 Å². The maximum atomic E-state index is 13.5. The van der Waals surface area contributed by atoms with E-state index >= 15 is 0 Å². The smallest absolute Gasteiger partial charge is 0.141 e. The zero-order valence-electron chi connectivity index (χ0n) is 10.5. The van der Waals surface area contributed by atoms with Crippen LogP contribution in [0.1, 0.15) is 18.6 Å². The lowest BCUT2D eigenvalue weighted by molar-refractivity contribution is 0.179. The average Bonchev–Trinajstić information content (AvgIpc) is 2.40. The van der Waals surface area contributed by atoms with Gasteiger partial charge < -0.3 is 10.5 Å². The first-order valence-electron chi connectivity index (χ1n) is 6.00. The highest BCUT2D eigenvalue weighted by molar-refractivity contribution is 9.10. The summed E-state index contributed by atoms with van der Waals surface area (Å²) in [5, 5.41) is 0. The minimum atomic E-state index is -0.353. The molecule has 19 heavy (non-hydrogen) atoms. The molecule has 0 saturated carbocycles. The van der Waals surface area contributed by atoms with E-state index in [0.29, 0.717) is 10.2 Å². The van der Waals surface area contributed by atoms with Gasteiger partial charge in [0.2, 0.25) is 0 Å². The fraction of sp³-hybridized carbons (Fsp3) is 0.200. The molecule has 2 atom stereocenters. The number of nitrogens with two attached hydrogens (primary N) is 1. The van der Waals surface area contributed by atoms with Crippen LogP contribution < -0.4 is 10.5 Å². The van der Waals surface area contributed by atoms with Crippen molar-refractivity contribution in [2.24, 2.45) is 5.73 Å². The van der Waals surface area contributed by atoms with Crippen LogP contribution in [0.5, 0.6) is 5.75 Å². The summed E-state index contributed by atoms with van der Waals surface area (Å²) >= 11 is 3.11. The number of rotatable bonds is 4. The highest BCUT2D eigenvalue weighted by Crippen LogP contribution is 2.27. The quantitative estimate of drug-likeness (QED) is 0.921. The predicted octanol–water partition coefficient (Wildman–Crippen LogP) is 4.06. The molecule has 2 rings (SSSR count). The molecule has 0 aromatic heterocycles. The van der Waals surface area contributed by atoms with Crippen molar-refractivity contribution in [3.05, 3.63) is 64.4 Å². The standard InChI is InChI=1S/C15H15BrFNO/c1-10(18)15(11-5-3-2-4-6-11)19-12-7-8-13(16)14(17)9-12/h2-10,15H,18H2,1H3. The lowest BCUT2D eigenvalue weighted by atomic mass is 10.0. The highest BCUT2D eigenvalue weighted by atomic mass is 79.9. The van der Waals surface area contributed by atoms with Crippen molar-refractivity contribution in [3.8, 4) is 5.75 Å². The van der Waals surface area contributed by atoms with E-state index in [4.69, 9.17) is 10.5 Å². The first-order chi connectivity index (χ1) is 9.08. The zero-order valence-corrected chi connectivity index (χ0v) is 12.1. The summed E-state index contributed by atoms with van der Waals surface area (Å²) in [7, 11) is 0. The van der Waals surface area contributed by atoms with Gasteiger partial charge in [-0.2, -0.15) is 0 Å². The van der Waals surface area contributed by atoms with Gasteiger partial charge in [0, 0.05) is 12.1 Å². The van der Waals surface area contributed by atoms with Crippen LogP contribution in [-0.2, 0) is 0 Å². The van der Waals surface area contributed by atoms with Crippen molar-refractivity contribution < 1.29 is 9.13 Å². The van der Waals surface area contributed by atoms with Gasteiger partial charge in [-0.3, -0.25) is 0 Å². The molecular formula is C15H15BrFNO. The molecule has 0 heterocycles. The van der Waals surface area contributed by atoms with Crippen LogP contribution in [0, 0.1) is 5.82 Å². The van der Waals surface area contributed by atoms with E-state index in [0.717, 1.165) is 5.56 Å². The third kappa shape index (κ3) is 3.55. The maximum absolute atomic E-state index is 13.5. The lowest BCUT2D eigenvalue weighted by Gasteiger charge is -2.23. The molecule has 4 heteroatoms. The molecule has 0 radical (unpaired) electrons. The van der Waals surface area contributed by atoms with Crippen molar-refractivity contribution in [1.29, 1.82) is 0 Å². The van der Waals surface area contributed by atoms with Gasteiger partial charge in [0.15, 0.2) is 0 Å². The minimum absolute atomic E-state index is 0.200. The molecule has 2 nitrogen and oxygen atoms in total. The molecule has 0 aliphatic rings. The molecular weight excluding hydrogens is 309 g/mol. The number of ether oxygens (including phenoxy) is 1. The van der Waals surface area contributed by atoms with Crippen LogP contribution in [0.4, 0.5) is 4.39 Å². The Labute approximate surface area is 120 Å². The van der Waals surface area contributed by atoms with Gasteiger partial charge in [0.1, 0.15) is 17.7 Å². The molecule has 0 bridgehead atoms. The number of halogens is 2. The Bertz CT molecular complexity index is 545. The Morgan fingerprint density at radius 2 is 1.84 bits per heavy atom. The van der Waals surface area contributed by atoms with E-state index in [1.54, 1.807) is 12.1 Å². The topological polar surface area (TPSA) is 35.2 Å². The van der Waals surface area contributed by atoms with Crippen LogP contribution in [0.25, 0.3) is 0 Å². The summed E-state index contributed by atoms with van der Waals surface area (Å²) in [6, 6.07) is 14.2. The largest absolute Gasteiger partial charge is 0.484 e. The van der Waals surface area contributed by atoms with Crippen LogP contribution in [0.15, 0.2) is 53.0 Å². The fourth-order valence-electron chi connectivity index (χ4n) is 1.82. The lowest BCUT2D eigenvalue weighted by Crippen LogP contribution is -2.29. The van der Waals surface area contributed by atoms with Gasteiger partial charge in [0.25, 0.3) is 0 Å². The predicted molar refractivity (Wildman–Crippen MR) is 77.6 cm³/mol. The number of benzene rings is 2. The van der Waals surface area contributed by atoms with Crippen LogP contribution in [0.3, 0.4) is 0 Å². The Morgan fingerprint density at radius 1 is 1.16 bits per heavy atom. The fourth-order valence-corrected chi connectivity index (χ4v) is 2.07. The molecule has 2 aromatic carbocycles. The summed E-state index contributed by atoms with van der Waals surface area (Å²) in [5.41, 5.74) is 6.93. The summed E-state index contributed by atoms with van der Waals surface area (Å²) in [5.74, 6) is 0.112. The second-order valence-electron chi connectivity index (χ2n) is 4.38. The van der Waals surface area contributed by atoms with Crippen molar-refractivity contribution in [3.63, 3.8) is 0 Å². The van der Waals surface area contributed by atoms with Crippen LogP contribution >= 0.6 is 15.9 Å². The molecule has 2 unspecified atom stereocenters. The molecule has 100 valence electrons. The molecule has 0 amide bonds. The summed E-state index contributed by atoms with van der Waals surface area (Å²) in [6.45, 7) is 1.87. The zero-order chi connectivity index (χ0) is 13.8. The highest BCUT2D eigenvalue weighted by Gasteiger charge is 2.18.